The summed E-state index contributed by atoms with van der Waals surface area (Å²) in [4.78, 5) is 13.2. The van der Waals surface area contributed by atoms with Crippen molar-refractivity contribution in [3.8, 4) is 0 Å². The zero-order chi connectivity index (χ0) is 46.8. The molecule has 2 aliphatic heterocycles. The van der Waals surface area contributed by atoms with E-state index in [9.17, 15) is 45.6 Å². The third-order valence-electron chi connectivity index (χ3n) is 12.6. The van der Waals surface area contributed by atoms with Crippen LogP contribution < -0.4 is 5.32 Å². The molecule has 0 saturated carbocycles. The number of carbonyl (C=O) groups excluding carboxylic acids is 1. The van der Waals surface area contributed by atoms with Gasteiger partial charge >= 0.3 is 0 Å². The lowest BCUT2D eigenvalue weighted by molar-refractivity contribution is -0.359. The summed E-state index contributed by atoms with van der Waals surface area (Å²) in [6.07, 6.45) is 23.5. The zero-order valence-electron chi connectivity index (χ0n) is 39.8. The van der Waals surface area contributed by atoms with Gasteiger partial charge in [0.05, 0.1) is 32.0 Å². The molecule has 0 radical (unpaired) electrons. The summed E-state index contributed by atoms with van der Waals surface area (Å²) in [5.41, 5.74) is 0. The Labute approximate surface area is 386 Å². The number of unbranched alkanes of at least 4 members (excludes halogenated alkanes) is 24. The molecule has 64 heavy (non-hydrogen) atoms. The SMILES string of the molecule is CCCCCCCC/C=C\CCCCCCCCCC(=O)NC(COC1OC(CO)C(OC2OC(CO)C(O)C(O)C2O)C(O)C1O)C(O)/C=C/CCCCCCCCCCCCC. The van der Waals surface area contributed by atoms with Crippen molar-refractivity contribution >= 4 is 5.91 Å². The molecule has 2 rings (SSSR count). The van der Waals surface area contributed by atoms with Gasteiger partial charge in [0.25, 0.3) is 0 Å². The standard InChI is InChI=1S/C50H93NO13/c1-3-5-7-9-11-13-15-17-18-19-20-22-24-26-28-30-32-34-42(55)51-38(39(54)33-31-29-27-25-23-21-16-14-12-10-8-6-4-2)37-61-49-47(60)45(58)48(41(36-53)63-49)64-50-46(59)44(57)43(56)40(35-52)62-50/h17-18,31,33,38-41,43-50,52-54,56-60H,3-16,19-30,32,34-37H2,1-2H3,(H,51,55)/b18-17-,33-31+. The Morgan fingerprint density at radius 3 is 1.48 bits per heavy atom. The molecule has 1 amide bonds. The smallest absolute Gasteiger partial charge is 0.220 e. The number of ether oxygens (including phenoxy) is 4. The zero-order valence-corrected chi connectivity index (χ0v) is 39.8. The van der Waals surface area contributed by atoms with Gasteiger partial charge in [-0.15, -0.1) is 0 Å². The average molecular weight is 916 g/mol. The van der Waals surface area contributed by atoms with Crippen molar-refractivity contribution in [1.29, 1.82) is 0 Å². The lowest BCUT2D eigenvalue weighted by Gasteiger charge is -2.46. The summed E-state index contributed by atoms with van der Waals surface area (Å²) in [5.74, 6) is -0.245. The van der Waals surface area contributed by atoms with E-state index in [1.807, 2.05) is 6.08 Å². The van der Waals surface area contributed by atoms with E-state index in [1.54, 1.807) is 6.08 Å². The minimum Gasteiger partial charge on any atom is -0.394 e. The highest BCUT2D eigenvalue weighted by Gasteiger charge is 2.51. The summed E-state index contributed by atoms with van der Waals surface area (Å²) in [6, 6.07) is -0.912. The number of aliphatic hydroxyl groups is 8. The van der Waals surface area contributed by atoms with Crippen molar-refractivity contribution in [2.24, 2.45) is 0 Å². The Morgan fingerprint density at radius 1 is 0.547 bits per heavy atom. The molecule has 0 aromatic heterocycles. The van der Waals surface area contributed by atoms with Gasteiger partial charge in [0.1, 0.15) is 48.8 Å². The Kier molecular flexibility index (Phi) is 34.3. The minimum atomic E-state index is -1.79. The maximum absolute atomic E-state index is 13.2. The van der Waals surface area contributed by atoms with E-state index < -0.39 is 86.8 Å². The van der Waals surface area contributed by atoms with Crippen LogP contribution >= 0.6 is 0 Å². The van der Waals surface area contributed by atoms with Gasteiger partial charge < -0.3 is 65.1 Å². The predicted octanol–water partition coefficient (Wildman–Crippen LogP) is 6.55. The molecule has 14 heteroatoms. The topological polar surface area (TPSA) is 228 Å². The van der Waals surface area contributed by atoms with Crippen LogP contribution in [0, 0.1) is 0 Å². The average Bonchev–Trinajstić information content (AvgIpc) is 3.29. The van der Waals surface area contributed by atoms with Gasteiger partial charge in [-0.05, 0) is 44.9 Å². The molecule has 376 valence electrons. The summed E-state index contributed by atoms with van der Waals surface area (Å²) in [7, 11) is 0. The van der Waals surface area contributed by atoms with Crippen LogP contribution in [0.5, 0.6) is 0 Å². The molecule has 12 unspecified atom stereocenters. The van der Waals surface area contributed by atoms with Gasteiger partial charge in [0.2, 0.25) is 5.91 Å². The van der Waals surface area contributed by atoms with Crippen molar-refractivity contribution in [3.05, 3.63) is 24.3 Å². The van der Waals surface area contributed by atoms with Crippen LogP contribution in [-0.4, -0.2) is 140 Å². The molecule has 12 atom stereocenters. The van der Waals surface area contributed by atoms with Crippen LogP contribution in [0.3, 0.4) is 0 Å². The molecular formula is C50H93NO13. The summed E-state index contributed by atoms with van der Waals surface area (Å²) in [6.45, 7) is 2.77. The van der Waals surface area contributed by atoms with Crippen LogP contribution in [0.25, 0.3) is 0 Å². The van der Waals surface area contributed by atoms with E-state index in [1.165, 1.54) is 122 Å². The molecule has 2 heterocycles. The first-order valence-electron chi connectivity index (χ1n) is 25.6. The van der Waals surface area contributed by atoms with Crippen LogP contribution in [0.2, 0.25) is 0 Å². The first-order valence-corrected chi connectivity index (χ1v) is 25.6. The van der Waals surface area contributed by atoms with Crippen LogP contribution in [0.15, 0.2) is 24.3 Å². The van der Waals surface area contributed by atoms with Gasteiger partial charge in [-0.1, -0.05) is 167 Å². The molecule has 9 N–H and O–H groups in total. The second-order valence-corrected chi connectivity index (χ2v) is 18.3. The van der Waals surface area contributed by atoms with Gasteiger partial charge in [-0.25, -0.2) is 0 Å². The Balaban J connectivity index is 1.85. The van der Waals surface area contributed by atoms with E-state index in [2.05, 4.69) is 31.3 Å². The third-order valence-corrected chi connectivity index (χ3v) is 12.6. The van der Waals surface area contributed by atoms with Gasteiger partial charge in [-0.2, -0.15) is 0 Å². The molecule has 0 aliphatic carbocycles. The monoisotopic (exact) mass is 916 g/mol. The molecule has 0 bridgehead atoms. The molecule has 14 nitrogen and oxygen atoms in total. The molecule has 0 spiro atoms. The summed E-state index contributed by atoms with van der Waals surface area (Å²) >= 11 is 0. The highest BCUT2D eigenvalue weighted by molar-refractivity contribution is 5.76. The van der Waals surface area contributed by atoms with Crippen molar-refractivity contribution in [2.45, 2.75) is 267 Å². The van der Waals surface area contributed by atoms with E-state index in [0.29, 0.717) is 6.42 Å². The molecule has 2 fully saturated rings. The lowest BCUT2D eigenvalue weighted by Crippen LogP contribution is -2.65. The lowest BCUT2D eigenvalue weighted by atomic mass is 9.97. The van der Waals surface area contributed by atoms with Gasteiger partial charge in [0, 0.05) is 6.42 Å². The maximum Gasteiger partial charge on any atom is 0.220 e. The Hall–Kier alpha value is -1.53. The first kappa shape index (κ1) is 58.6. The van der Waals surface area contributed by atoms with Crippen LogP contribution in [0.4, 0.5) is 0 Å². The van der Waals surface area contributed by atoms with E-state index in [-0.39, 0.29) is 18.9 Å². The molecule has 2 saturated heterocycles. The van der Waals surface area contributed by atoms with Crippen molar-refractivity contribution in [1.82, 2.24) is 5.32 Å². The molecule has 0 aromatic rings. The summed E-state index contributed by atoms with van der Waals surface area (Å²) < 4.78 is 22.7. The second-order valence-electron chi connectivity index (χ2n) is 18.3. The number of hydrogen-bond acceptors (Lipinski definition) is 13. The number of nitrogens with one attached hydrogen (secondary N) is 1. The Morgan fingerprint density at radius 2 is 0.984 bits per heavy atom. The number of rotatable bonds is 39. The number of allylic oxidation sites excluding steroid dienone is 3. The largest absolute Gasteiger partial charge is 0.394 e. The van der Waals surface area contributed by atoms with Gasteiger partial charge in [-0.3, -0.25) is 4.79 Å². The third kappa shape index (κ3) is 24.5. The number of amides is 1. The van der Waals surface area contributed by atoms with E-state index in [4.69, 9.17) is 18.9 Å². The quantitative estimate of drug-likeness (QED) is 0.0236. The molecule has 0 aromatic carbocycles. The van der Waals surface area contributed by atoms with Crippen molar-refractivity contribution in [3.63, 3.8) is 0 Å². The summed E-state index contributed by atoms with van der Waals surface area (Å²) in [5, 5.41) is 86.7. The van der Waals surface area contributed by atoms with Crippen molar-refractivity contribution in [2.75, 3.05) is 19.8 Å². The van der Waals surface area contributed by atoms with E-state index >= 15 is 0 Å². The van der Waals surface area contributed by atoms with Gasteiger partial charge in [0.15, 0.2) is 12.6 Å². The number of aliphatic hydroxyl groups excluding tert-OH is 8. The maximum atomic E-state index is 13.2. The molecular weight excluding hydrogens is 823 g/mol. The highest BCUT2D eigenvalue weighted by atomic mass is 16.7. The minimum absolute atomic E-state index is 0.245. The fourth-order valence-electron chi connectivity index (χ4n) is 8.40. The van der Waals surface area contributed by atoms with Crippen LogP contribution in [0.1, 0.15) is 194 Å². The Bertz CT molecular complexity index is 1170. The highest BCUT2D eigenvalue weighted by Crippen LogP contribution is 2.30. The number of hydrogen-bond donors (Lipinski definition) is 9. The van der Waals surface area contributed by atoms with Crippen LogP contribution in [-0.2, 0) is 23.7 Å². The predicted molar refractivity (Wildman–Crippen MR) is 249 cm³/mol. The normalized spacial score (nSPS) is 27.4. The van der Waals surface area contributed by atoms with E-state index in [0.717, 1.165) is 44.9 Å². The van der Waals surface area contributed by atoms with Crippen molar-refractivity contribution < 1.29 is 64.6 Å². The molecule has 2 aliphatic rings. The fraction of sp³-hybridized carbons (Fsp3) is 0.900. The number of carbonyl (C=O) groups is 1. The fourth-order valence-corrected chi connectivity index (χ4v) is 8.40. The second kappa shape index (κ2) is 37.5. The first-order chi connectivity index (χ1) is 31.1.